The number of amides is 1. The van der Waals surface area contributed by atoms with Crippen LogP contribution in [0.5, 0.6) is 0 Å². The molecule has 1 unspecified atom stereocenters. The summed E-state index contributed by atoms with van der Waals surface area (Å²) in [7, 11) is 0. The van der Waals surface area contributed by atoms with Crippen molar-refractivity contribution in [2.45, 2.75) is 32.2 Å². The first kappa shape index (κ1) is 19.0. The van der Waals surface area contributed by atoms with Crippen LogP contribution in [0.15, 0.2) is 18.2 Å². The second kappa shape index (κ2) is 7.30. The molecule has 0 spiro atoms. The average molecular weight is 371 g/mol. The Morgan fingerprint density at radius 3 is 2.62 bits per heavy atom. The van der Waals surface area contributed by atoms with Crippen LogP contribution in [0, 0.1) is 18.8 Å². The number of carbonyl (C=O) groups excluding carboxylic acids is 1. The van der Waals surface area contributed by atoms with Crippen LogP contribution in [-0.4, -0.2) is 39.9 Å². The Hall–Kier alpha value is -1.30. The third-order valence-corrected chi connectivity index (χ3v) is 5.28. The van der Waals surface area contributed by atoms with Crippen molar-refractivity contribution in [1.29, 1.82) is 0 Å². The molecule has 24 heavy (non-hydrogen) atoms. The first-order valence-corrected chi connectivity index (χ1v) is 8.09. The van der Waals surface area contributed by atoms with E-state index < -0.39 is 0 Å². The number of hydrogen-bond acceptors (Lipinski definition) is 3. The van der Waals surface area contributed by atoms with E-state index in [1.54, 1.807) is 0 Å². The number of fused-ring (bicyclic) bond motifs is 3. The minimum Gasteiger partial charge on any atom is -0.342 e. The van der Waals surface area contributed by atoms with Gasteiger partial charge in [0.1, 0.15) is 5.82 Å². The van der Waals surface area contributed by atoms with Gasteiger partial charge in [-0.05, 0) is 49.3 Å². The number of aromatic nitrogens is 2. The number of nitrogens with two attached hydrogens (primary N) is 1. The predicted octanol–water partition coefficient (Wildman–Crippen LogP) is 2.45. The molecule has 1 aromatic heterocycles. The number of H-pyrrole nitrogens is 1. The summed E-state index contributed by atoms with van der Waals surface area (Å²) in [6.45, 7) is 3.61. The normalized spacial score (nSPS) is 25.2. The van der Waals surface area contributed by atoms with Crippen LogP contribution in [-0.2, 0) is 11.2 Å². The monoisotopic (exact) mass is 370 g/mol. The summed E-state index contributed by atoms with van der Waals surface area (Å²) < 4.78 is 0. The molecule has 0 radical (unpaired) electrons. The molecule has 1 saturated carbocycles. The molecule has 1 aromatic carbocycles. The predicted molar refractivity (Wildman–Crippen MR) is 99.8 cm³/mol. The SMILES string of the molecule is Cc1nc2ccc(CC(=O)N3C[C@H]4CC[C@@H](C3)C4N)cc2[nH]1.Cl.Cl. The number of aromatic amines is 1. The summed E-state index contributed by atoms with van der Waals surface area (Å²) in [6.07, 6.45) is 2.81. The van der Waals surface area contributed by atoms with E-state index in [1.807, 2.05) is 30.0 Å². The molecule has 5 nitrogen and oxygen atoms in total. The van der Waals surface area contributed by atoms with Crippen LogP contribution in [0.2, 0.25) is 0 Å². The molecule has 7 heteroatoms. The fourth-order valence-electron chi connectivity index (χ4n) is 4.05. The van der Waals surface area contributed by atoms with E-state index in [-0.39, 0.29) is 30.7 Å². The number of likely N-dealkylation sites (tertiary alicyclic amines) is 1. The third kappa shape index (κ3) is 3.39. The van der Waals surface area contributed by atoms with Crippen LogP contribution < -0.4 is 5.73 Å². The highest BCUT2D eigenvalue weighted by Gasteiger charge is 2.40. The van der Waals surface area contributed by atoms with E-state index in [4.69, 9.17) is 5.73 Å². The van der Waals surface area contributed by atoms with Gasteiger partial charge in [-0.1, -0.05) is 6.07 Å². The van der Waals surface area contributed by atoms with Crippen molar-refractivity contribution in [1.82, 2.24) is 14.9 Å². The number of rotatable bonds is 2. The summed E-state index contributed by atoms with van der Waals surface area (Å²) in [5.74, 6) is 2.13. The molecule has 2 aromatic rings. The third-order valence-electron chi connectivity index (χ3n) is 5.28. The maximum atomic E-state index is 12.6. The zero-order valence-corrected chi connectivity index (χ0v) is 15.3. The minimum atomic E-state index is 0. The van der Waals surface area contributed by atoms with Crippen molar-refractivity contribution < 1.29 is 4.79 Å². The van der Waals surface area contributed by atoms with E-state index in [0.29, 0.717) is 24.3 Å². The minimum absolute atomic E-state index is 0. The van der Waals surface area contributed by atoms with Crippen molar-refractivity contribution in [3.63, 3.8) is 0 Å². The van der Waals surface area contributed by atoms with Crippen molar-refractivity contribution in [2.24, 2.45) is 17.6 Å². The molecule has 132 valence electrons. The standard InChI is InChI=1S/C17H22N4O.2ClH/c1-10-19-14-5-2-11(6-15(14)20-10)7-16(22)21-8-12-3-4-13(9-21)17(12)18;;/h2,5-6,12-13,17H,3-4,7-9,18H2,1H3,(H,19,20);2*1H/t12-,13+,17?;;. The Bertz CT molecular complexity index is 718. The topological polar surface area (TPSA) is 75.0 Å². The largest absolute Gasteiger partial charge is 0.342 e. The summed E-state index contributed by atoms with van der Waals surface area (Å²) in [4.78, 5) is 22.2. The Kier molecular flexibility index (Phi) is 5.78. The molecule has 1 amide bonds. The van der Waals surface area contributed by atoms with Crippen molar-refractivity contribution in [3.05, 3.63) is 29.6 Å². The molecule has 2 aliphatic rings. The van der Waals surface area contributed by atoms with Gasteiger partial charge < -0.3 is 15.6 Å². The lowest BCUT2D eigenvalue weighted by atomic mass is 9.92. The second-order valence-electron chi connectivity index (χ2n) is 6.82. The van der Waals surface area contributed by atoms with Crippen LogP contribution in [0.4, 0.5) is 0 Å². The molecular weight excluding hydrogens is 347 g/mol. The van der Waals surface area contributed by atoms with Gasteiger partial charge in [-0.3, -0.25) is 4.79 Å². The van der Waals surface area contributed by atoms with Gasteiger partial charge >= 0.3 is 0 Å². The highest BCUT2D eigenvalue weighted by Crippen LogP contribution is 2.35. The van der Waals surface area contributed by atoms with Crippen molar-refractivity contribution >= 4 is 41.8 Å². The first-order valence-electron chi connectivity index (χ1n) is 8.09. The molecule has 2 heterocycles. The highest BCUT2D eigenvalue weighted by atomic mass is 35.5. The van der Waals surface area contributed by atoms with Crippen LogP contribution in [0.25, 0.3) is 11.0 Å². The number of halogens is 2. The number of nitrogens with zero attached hydrogens (tertiary/aromatic N) is 2. The lowest BCUT2D eigenvalue weighted by Crippen LogP contribution is -2.51. The van der Waals surface area contributed by atoms with Crippen LogP contribution in [0.3, 0.4) is 0 Å². The Balaban J connectivity index is 0.00000104. The molecule has 3 N–H and O–H groups in total. The Morgan fingerprint density at radius 2 is 1.96 bits per heavy atom. The fraction of sp³-hybridized carbons (Fsp3) is 0.529. The number of nitrogens with one attached hydrogen (secondary N) is 1. The van der Waals surface area contributed by atoms with Gasteiger partial charge in [0.25, 0.3) is 0 Å². The summed E-state index contributed by atoms with van der Waals surface area (Å²) in [5, 5.41) is 0. The van der Waals surface area contributed by atoms with E-state index in [2.05, 4.69) is 9.97 Å². The van der Waals surface area contributed by atoms with Gasteiger partial charge in [-0.2, -0.15) is 0 Å². The molecule has 1 aliphatic heterocycles. The molecule has 2 bridgehead atoms. The van der Waals surface area contributed by atoms with Crippen molar-refractivity contribution in [3.8, 4) is 0 Å². The number of piperidine rings is 1. The molecule has 1 aliphatic carbocycles. The van der Waals surface area contributed by atoms with Gasteiger partial charge in [0.05, 0.1) is 17.5 Å². The number of imidazole rings is 1. The maximum absolute atomic E-state index is 12.6. The second-order valence-corrected chi connectivity index (χ2v) is 6.82. The fourth-order valence-corrected chi connectivity index (χ4v) is 4.05. The number of aryl methyl sites for hydroxylation is 1. The number of benzene rings is 1. The first-order chi connectivity index (χ1) is 10.6. The maximum Gasteiger partial charge on any atom is 0.227 e. The van der Waals surface area contributed by atoms with E-state index in [9.17, 15) is 4.79 Å². The van der Waals surface area contributed by atoms with Crippen LogP contribution >= 0.6 is 24.8 Å². The average Bonchev–Trinajstić information content (AvgIpc) is 2.92. The van der Waals surface area contributed by atoms with Gasteiger partial charge in [0.2, 0.25) is 5.91 Å². The van der Waals surface area contributed by atoms with Gasteiger partial charge in [-0.15, -0.1) is 24.8 Å². The van der Waals surface area contributed by atoms with E-state index >= 15 is 0 Å². The molecule has 2 fully saturated rings. The van der Waals surface area contributed by atoms with Crippen molar-refractivity contribution in [2.75, 3.05) is 13.1 Å². The molecule has 4 rings (SSSR count). The van der Waals surface area contributed by atoms with Crippen LogP contribution in [0.1, 0.15) is 24.2 Å². The lowest BCUT2D eigenvalue weighted by Gasteiger charge is -2.36. The zero-order chi connectivity index (χ0) is 15.3. The van der Waals surface area contributed by atoms with E-state index in [1.165, 1.54) is 12.8 Å². The lowest BCUT2D eigenvalue weighted by molar-refractivity contribution is -0.132. The quantitative estimate of drug-likeness (QED) is 0.852. The Morgan fingerprint density at radius 1 is 1.29 bits per heavy atom. The number of carbonyl (C=O) groups is 1. The van der Waals surface area contributed by atoms with E-state index in [0.717, 1.165) is 35.5 Å². The summed E-state index contributed by atoms with van der Waals surface area (Å²) in [5.41, 5.74) is 9.22. The van der Waals surface area contributed by atoms with Gasteiger partial charge in [-0.25, -0.2) is 4.98 Å². The number of hydrogen-bond donors (Lipinski definition) is 2. The zero-order valence-electron chi connectivity index (χ0n) is 13.7. The summed E-state index contributed by atoms with van der Waals surface area (Å²) in [6, 6.07) is 6.33. The molecule has 1 saturated heterocycles. The summed E-state index contributed by atoms with van der Waals surface area (Å²) >= 11 is 0. The Labute approximate surface area is 154 Å². The smallest absolute Gasteiger partial charge is 0.227 e. The van der Waals surface area contributed by atoms with Gasteiger partial charge in [0.15, 0.2) is 0 Å². The highest BCUT2D eigenvalue weighted by molar-refractivity contribution is 5.85. The molecule has 3 atom stereocenters. The molecular formula is C17H24Cl2N4O. The van der Waals surface area contributed by atoms with Gasteiger partial charge in [0, 0.05) is 19.1 Å².